The molecule has 0 unspecified atom stereocenters. The van der Waals surface area contributed by atoms with Gasteiger partial charge in [-0.1, -0.05) is 29.0 Å². The molecule has 0 spiro atoms. The van der Waals surface area contributed by atoms with Gasteiger partial charge in [-0.25, -0.2) is 13.9 Å². The highest BCUT2D eigenvalue weighted by Gasteiger charge is 2.21. The molecule has 2 aromatic carbocycles. The molecule has 0 radical (unpaired) electrons. The van der Waals surface area contributed by atoms with Crippen molar-refractivity contribution in [3.05, 3.63) is 70.7 Å². The van der Waals surface area contributed by atoms with Gasteiger partial charge in [-0.2, -0.15) is 0 Å². The second kappa shape index (κ2) is 6.23. The predicted molar refractivity (Wildman–Crippen MR) is 87.4 cm³/mol. The fraction of sp³-hybridized carbons (Fsp3) is 0.167. The van der Waals surface area contributed by atoms with E-state index < -0.39 is 5.97 Å². The topological polar surface area (TPSA) is 68.0 Å². The summed E-state index contributed by atoms with van der Waals surface area (Å²) in [5.74, 6) is -1.55. The summed E-state index contributed by atoms with van der Waals surface area (Å²) in [5, 5.41) is 17.1. The van der Waals surface area contributed by atoms with E-state index in [4.69, 9.17) is 0 Å². The van der Waals surface area contributed by atoms with Crippen LogP contribution in [0.25, 0.3) is 11.3 Å². The summed E-state index contributed by atoms with van der Waals surface area (Å²) >= 11 is 0. The number of aromatic nitrogens is 3. The highest BCUT2D eigenvalue weighted by molar-refractivity contribution is 5.92. The first-order valence-electron chi connectivity index (χ1n) is 7.44. The first-order chi connectivity index (χ1) is 11.5. The van der Waals surface area contributed by atoms with Crippen LogP contribution in [0, 0.1) is 19.7 Å². The Hall–Kier alpha value is -3.02. The minimum Gasteiger partial charge on any atom is -0.476 e. The molecule has 0 saturated heterocycles. The minimum atomic E-state index is -1.17. The van der Waals surface area contributed by atoms with Gasteiger partial charge in [0.1, 0.15) is 11.5 Å². The molecule has 1 aromatic heterocycles. The summed E-state index contributed by atoms with van der Waals surface area (Å²) < 4.78 is 14.7. The molecule has 0 bridgehead atoms. The highest BCUT2D eigenvalue weighted by atomic mass is 19.1. The van der Waals surface area contributed by atoms with Gasteiger partial charge < -0.3 is 5.11 Å². The van der Waals surface area contributed by atoms with Crippen molar-refractivity contribution >= 4 is 5.97 Å². The van der Waals surface area contributed by atoms with Gasteiger partial charge in [0.25, 0.3) is 0 Å². The van der Waals surface area contributed by atoms with Gasteiger partial charge in [0.15, 0.2) is 5.69 Å². The molecular weight excluding hydrogens is 309 g/mol. The number of carbonyl (C=O) groups is 1. The first kappa shape index (κ1) is 15.9. The Balaban J connectivity index is 2.08. The molecule has 0 fully saturated rings. The van der Waals surface area contributed by atoms with Crippen LogP contribution >= 0.6 is 0 Å². The van der Waals surface area contributed by atoms with Crippen LogP contribution < -0.4 is 0 Å². The molecule has 0 aliphatic heterocycles. The molecule has 1 N–H and O–H groups in total. The molecule has 0 saturated carbocycles. The number of aryl methyl sites for hydroxylation is 2. The van der Waals surface area contributed by atoms with E-state index in [0.29, 0.717) is 17.8 Å². The number of carboxylic acid groups (broad SMARTS) is 1. The van der Waals surface area contributed by atoms with Crippen LogP contribution in [-0.4, -0.2) is 26.1 Å². The largest absolute Gasteiger partial charge is 0.476 e. The van der Waals surface area contributed by atoms with Crippen molar-refractivity contribution in [1.82, 2.24) is 15.0 Å². The summed E-state index contributed by atoms with van der Waals surface area (Å²) in [5.41, 5.74) is 4.04. The van der Waals surface area contributed by atoms with Gasteiger partial charge in [-0.15, -0.1) is 5.10 Å². The van der Waals surface area contributed by atoms with Crippen LogP contribution in [0.5, 0.6) is 0 Å². The SMILES string of the molecule is Cc1ccc(Cn2nnc(C(=O)O)c2-c2ccc(F)cc2)c(C)c1. The lowest BCUT2D eigenvalue weighted by molar-refractivity contribution is 0.0691. The third-order valence-electron chi connectivity index (χ3n) is 3.87. The maximum Gasteiger partial charge on any atom is 0.358 e. The number of aromatic carboxylic acids is 1. The molecule has 0 atom stereocenters. The molecule has 0 amide bonds. The summed E-state index contributed by atoms with van der Waals surface area (Å²) in [6.45, 7) is 4.40. The van der Waals surface area contributed by atoms with Gasteiger partial charge in [0, 0.05) is 5.56 Å². The van der Waals surface area contributed by atoms with Gasteiger partial charge in [0.05, 0.1) is 6.54 Å². The lowest BCUT2D eigenvalue weighted by Gasteiger charge is -2.10. The van der Waals surface area contributed by atoms with Crippen LogP contribution in [0.3, 0.4) is 0 Å². The van der Waals surface area contributed by atoms with Gasteiger partial charge in [-0.05, 0) is 49.2 Å². The van der Waals surface area contributed by atoms with Crippen LogP contribution in [0.4, 0.5) is 4.39 Å². The smallest absolute Gasteiger partial charge is 0.358 e. The minimum absolute atomic E-state index is 0.147. The average molecular weight is 325 g/mol. The predicted octanol–water partition coefficient (Wildman–Crippen LogP) is 3.45. The molecule has 6 heteroatoms. The number of halogens is 1. The van der Waals surface area contributed by atoms with E-state index in [0.717, 1.165) is 16.7 Å². The molecule has 24 heavy (non-hydrogen) atoms. The van der Waals surface area contributed by atoms with E-state index in [1.54, 1.807) is 0 Å². The van der Waals surface area contributed by atoms with Crippen molar-refractivity contribution in [1.29, 1.82) is 0 Å². The van der Waals surface area contributed by atoms with E-state index in [1.165, 1.54) is 28.9 Å². The van der Waals surface area contributed by atoms with Crippen molar-refractivity contribution in [3.63, 3.8) is 0 Å². The van der Waals surface area contributed by atoms with E-state index in [1.807, 2.05) is 26.0 Å². The summed E-state index contributed by atoms with van der Waals surface area (Å²) in [6.07, 6.45) is 0. The normalized spacial score (nSPS) is 10.8. The third kappa shape index (κ3) is 3.03. The molecule has 0 aliphatic rings. The molecule has 5 nitrogen and oxygen atoms in total. The van der Waals surface area contributed by atoms with E-state index in [9.17, 15) is 14.3 Å². The molecule has 0 aliphatic carbocycles. The van der Waals surface area contributed by atoms with Crippen LogP contribution in [0.1, 0.15) is 27.2 Å². The zero-order chi connectivity index (χ0) is 17.3. The third-order valence-corrected chi connectivity index (χ3v) is 3.87. The van der Waals surface area contributed by atoms with Gasteiger partial charge in [-0.3, -0.25) is 0 Å². The van der Waals surface area contributed by atoms with Crippen molar-refractivity contribution in [2.75, 3.05) is 0 Å². The summed E-state index contributed by atoms with van der Waals surface area (Å²) in [7, 11) is 0. The monoisotopic (exact) mass is 325 g/mol. The fourth-order valence-electron chi connectivity index (χ4n) is 2.65. The van der Waals surface area contributed by atoms with Crippen molar-refractivity contribution in [3.8, 4) is 11.3 Å². The quantitative estimate of drug-likeness (QED) is 0.798. The Labute approximate surface area is 138 Å². The van der Waals surface area contributed by atoms with Crippen molar-refractivity contribution < 1.29 is 14.3 Å². The van der Waals surface area contributed by atoms with Crippen molar-refractivity contribution in [2.24, 2.45) is 0 Å². The molecule has 3 rings (SSSR count). The van der Waals surface area contributed by atoms with E-state index >= 15 is 0 Å². The Morgan fingerprint density at radius 2 is 1.88 bits per heavy atom. The number of rotatable bonds is 4. The van der Waals surface area contributed by atoms with E-state index in [-0.39, 0.29) is 11.5 Å². The summed E-state index contributed by atoms with van der Waals surface area (Å²) in [4.78, 5) is 11.4. The highest BCUT2D eigenvalue weighted by Crippen LogP contribution is 2.24. The Bertz CT molecular complexity index is 901. The summed E-state index contributed by atoms with van der Waals surface area (Å²) in [6, 6.07) is 11.7. The number of hydrogen-bond acceptors (Lipinski definition) is 3. The van der Waals surface area contributed by atoms with Crippen LogP contribution in [0.15, 0.2) is 42.5 Å². The lowest BCUT2D eigenvalue weighted by Crippen LogP contribution is -2.07. The number of benzene rings is 2. The zero-order valence-electron chi connectivity index (χ0n) is 13.3. The average Bonchev–Trinajstić information content (AvgIpc) is 2.95. The maximum absolute atomic E-state index is 13.2. The molecule has 1 heterocycles. The lowest BCUT2D eigenvalue weighted by atomic mass is 10.1. The van der Waals surface area contributed by atoms with Crippen molar-refractivity contribution in [2.45, 2.75) is 20.4 Å². The first-order valence-corrected chi connectivity index (χ1v) is 7.44. The fourth-order valence-corrected chi connectivity index (χ4v) is 2.65. The Morgan fingerprint density at radius 3 is 2.50 bits per heavy atom. The standard InChI is InChI=1S/C18H16FN3O2/c1-11-3-4-14(12(2)9-11)10-22-17(16(18(23)24)20-21-22)13-5-7-15(19)8-6-13/h3-9H,10H2,1-2H3,(H,23,24). The molecule has 122 valence electrons. The maximum atomic E-state index is 13.2. The Morgan fingerprint density at radius 1 is 1.17 bits per heavy atom. The van der Waals surface area contributed by atoms with Crippen LogP contribution in [0.2, 0.25) is 0 Å². The number of hydrogen-bond donors (Lipinski definition) is 1. The number of carboxylic acids is 1. The second-order valence-electron chi connectivity index (χ2n) is 5.69. The van der Waals surface area contributed by atoms with Gasteiger partial charge >= 0.3 is 5.97 Å². The second-order valence-corrected chi connectivity index (χ2v) is 5.69. The zero-order valence-corrected chi connectivity index (χ0v) is 13.3. The molecule has 3 aromatic rings. The number of nitrogens with zero attached hydrogens (tertiary/aromatic N) is 3. The van der Waals surface area contributed by atoms with Gasteiger partial charge in [0.2, 0.25) is 0 Å². The van der Waals surface area contributed by atoms with E-state index in [2.05, 4.69) is 16.4 Å². The van der Waals surface area contributed by atoms with Crippen LogP contribution in [-0.2, 0) is 6.54 Å². The molecular formula is C18H16FN3O2. The Kier molecular flexibility index (Phi) is 4.12.